The number of alkyl halides is 3. The SMILES string of the molecule is O=C(Nc1nc2n(n1)[C@H](c1ccccc1)C=C(c1ccccc1)N2)C(Cl)(Cl)Cl. The highest BCUT2D eigenvalue weighted by molar-refractivity contribution is 6.76. The van der Waals surface area contributed by atoms with Crippen LogP contribution in [0, 0.1) is 0 Å². The third-order valence-electron chi connectivity index (χ3n) is 4.17. The monoisotopic (exact) mass is 433 g/mol. The molecule has 1 atom stereocenters. The number of nitrogens with zero attached hydrogens (tertiary/aromatic N) is 3. The standard InChI is InChI=1S/C19H14Cl3N5O/c20-19(21,22)16(28)24-17-25-18-23-14(12-7-3-1-4-8-12)11-15(27(18)26-17)13-9-5-2-6-10-13/h1-11,15H,(H2,23,24,25,26,28)/t15-/m0/s1. The summed E-state index contributed by atoms with van der Waals surface area (Å²) in [6, 6.07) is 19.5. The van der Waals surface area contributed by atoms with E-state index < -0.39 is 9.70 Å². The molecule has 0 saturated heterocycles. The summed E-state index contributed by atoms with van der Waals surface area (Å²) in [6.45, 7) is 0. The molecule has 0 aliphatic carbocycles. The minimum Gasteiger partial charge on any atom is -0.324 e. The average Bonchev–Trinajstić information content (AvgIpc) is 3.10. The Morgan fingerprint density at radius 2 is 1.68 bits per heavy atom. The summed E-state index contributed by atoms with van der Waals surface area (Å²) in [5.41, 5.74) is 2.90. The maximum atomic E-state index is 12.0. The van der Waals surface area contributed by atoms with Crippen molar-refractivity contribution in [2.75, 3.05) is 10.6 Å². The van der Waals surface area contributed by atoms with Gasteiger partial charge in [-0.3, -0.25) is 10.1 Å². The number of benzene rings is 2. The number of anilines is 2. The van der Waals surface area contributed by atoms with Crippen LogP contribution in [0.3, 0.4) is 0 Å². The van der Waals surface area contributed by atoms with Crippen molar-refractivity contribution in [3.05, 3.63) is 77.9 Å². The molecule has 0 unspecified atom stereocenters. The minimum absolute atomic E-state index is 0.0440. The van der Waals surface area contributed by atoms with Crippen molar-refractivity contribution in [2.45, 2.75) is 9.83 Å². The molecule has 6 nitrogen and oxygen atoms in total. The van der Waals surface area contributed by atoms with Crippen molar-refractivity contribution in [2.24, 2.45) is 0 Å². The molecule has 3 aromatic rings. The predicted molar refractivity (Wildman–Crippen MR) is 112 cm³/mol. The van der Waals surface area contributed by atoms with Crippen molar-refractivity contribution < 1.29 is 4.79 Å². The van der Waals surface area contributed by atoms with Crippen LogP contribution < -0.4 is 10.6 Å². The normalized spacial score (nSPS) is 16.0. The second kappa shape index (κ2) is 7.47. The number of carbonyl (C=O) groups excluding carboxylic acids is 1. The van der Waals surface area contributed by atoms with Gasteiger partial charge in [0.05, 0.1) is 0 Å². The Labute approximate surface area is 176 Å². The van der Waals surface area contributed by atoms with Gasteiger partial charge >= 0.3 is 0 Å². The summed E-state index contributed by atoms with van der Waals surface area (Å²) in [5, 5.41) is 10.1. The lowest BCUT2D eigenvalue weighted by Crippen LogP contribution is -2.27. The van der Waals surface area contributed by atoms with Crippen molar-refractivity contribution in [3.8, 4) is 0 Å². The van der Waals surface area contributed by atoms with Crippen LogP contribution in [-0.4, -0.2) is 24.5 Å². The highest BCUT2D eigenvalue weighted by Crippen LogP contribution is 2.33. The van der Waals surface area contributed by atoms with Crippen LogP contribution in [0.15, 0.2) is 66.7 Å². The first-order valence-electron chi connectivity index (χ1n) is 8.36. The number of aromatic nitrogens is 3. The highest BCUT2D eigenvalue weighted by atomic mass is 35.6. The Morgan fingerprint density at radius 3 is 2.32 bits per heavy atom. The first-order chi connectivity index (χ1) is 13.4. The van der Waals surface area contributed by atoms with Gasteiger partial charge in [0, 0.05) is 5.70 Å². The molecule has 0 spiro atoms. The first-order valence-corrected chi connectivity index (χ1v) is 9.49. The van der Waals surface area contributed by atoms with Crippen molar-refractivity contribution in [1.82, 2.24) is 14.8 Å². The number of hydrogen-bond donors (Lipinski definition) is 2. The quantitative estimate of drug-likeness (QED) is 0.589. The zero-order valence-electron chi connectivity index (χ0n) is 14.3. The molecule has 2 heterocycles. The highest BCUT2D eigenvalue weighted by Gasteiger charge is 2.33. The number of allylic oxidation sites excluding steroid dienone is 1. The fourth-order valence-corrected chi connectivity index (χ4v) is 3.03. The van der Waals surface area contributed by atoms with E-state index in [-0.39, 0.29) is 12.0 Å². The van der Waals surface area contributed by atoms with E-state index in [4.69, 9.17) is 34.8 Å². The van der Waals surface area contributed by atoms with Gasteiger partial charge in [0.2, 0.25) is 5.95 Å². The molecule has 2 aromatic carbocycles. The summed E-state index contributed by atoms with van der Waals surface area (Å²) in [7, 11) is 0. The molecule has 4 rings (SSSR count). The Balaban J connectivity index is 1.74. The zero-order chi connectivity index (χ0) is 19.7. The molecular formula is C19H14Cl3N5O. The van der Waals surface area contributed by atoms with Crippen LogP contribution in [0.5, 0.6) is 0 Å². The van der Waals surface area contributed by atoms with Crippen LogP contribution >= 0.6 is 34.8 Å². The van der Waals surface area contributed by atoms with E-state index in [0.29, 0.717) is 5.95 Å². The van der Waals surface area contributed by atoms with Gasteiger partial charge in [-0.25, -0.2) is 4.68 Å². The Morgan fingerprint density at radius 1 is 1.04 bits per heavy atom. The predicted octanol–water partition coefficient (Wildman–Crippen LogP) is 4.64. The Hall–Kier alpha value is -2.54. The number of rotatable bonds is 3. The van der Waals surface area contributed by atoms with E-state index in [2.05, 4.69) is 20.7 Å². The van der Waals surface area contributed by atoms with E-state index in [9.17, 15) is 4.79 Å². The van der Waals surface area contributed by atoms with E-state index in [1.165, 1.54) is 0 Å². The van der Waals surface area contributed by atoms with Crippen molar-refractivity contribution in [1.29, 1.82) is 0 Å². The maximum Gasteiger partial charge on any atom is 0.278 e. The van der Waals surface area contributed by atoms with Crippen LogP contribution in [-0.2, 0) is 4.79 Å². The fourth-order valence-electron chi connectivity index (χ4n) is 2.89. The van der Waals surface area contributed by atoms with Crippen molar-refractivity contribution in [3.63, 3.8) is 0 Å². The lowest BCUT2D eigenvalue weighted by molar-refractivity contribution is -0.115. The lowest BCUT2D eigenvalue weighted by Gasteiger charge is -2.24. The molecule has 1 aliphatic rings. The number of fused-ring (bicyclic) bond motifs is 1. The molecule has 1 amide bonds. The summed E-state index contributed by atoms with van der Waals surface area (Å²) >= 11 is 16.9. The lowest BCUT2D eigenvalue weighted by atomic mass is 10.0. The molecule has 0 bridgehead atoms. The Bertz CT molecular complexity index is 1030. The average molecular weight is 435 g/mol. The smallest absolute Gasteiger partial charge is 0.278 e. The van der Waals surface area contributed by atoms with E-state index in [1.54, 1.807) is 4.68 Å². The maximum absolute atomic E-state index is 12.0. The van der Waals surface area contributed by atoms with Crippen LogP contribution in [0.25, 0.3) is 5.70 Å². The van der Waals surface area contributed by atoms with Gasteiger partial charge in [-0.05, 0) is 17.2 Å². The molecule has 1 aliphatic heterocycles. The van der Waals surface area contributed by atoms with Gasteiger partial charge in [-0.1, -0.05) is 95.5 Å². The summed E-state index contributed by atoms with van der Waals surface area (Å²) in [4.78, 5) is 16.3. The number of carbonyl (C=O) groups is 1. The number of hydrogen-bond acceptors (Lipinski definition) is 4. The summed E-state index contributed by atoms with van der Waals surface area (Å²) in [5.74, 6) is -0.315. The Kier molecular flexibility index (Phi) is 5.02. The third kappa shape index (κ3) is 3.85. The molecule has 28 heavy (non-hydrogen) atoms. The third-order valence-corrected chi connectivity index (χ3v) is 4.69. The van der Waals surface area contributed by atoms with Gasteiger partial charge in [0.1, 0.15) is 6.04 Å². The van der Waals surface area contributed by atoms with Crippen LogP contribution in [0.2, 0.25) is 0 Å². The van der Waals surface area contributed by atoms with Gasteiger partial charge in [-0.2, -0.15) is 4.98 Å². The summed E-state index contributed by atoms with van der Waals surface area (Å²) in [6.07, 6.45) is 2.05. The second-order valence-corrected chi connectivity index (χ2v) is 8.36. The van der Waals surface area contributed by atoms with Gasteiger partial charge in [-0.15, -0.1) is 5.10 Å². The van der Waals surface area contributed by atoms with Crippen LogP contribution in [0.1, 0.15) is 17.2 Å². The molecule has 9 heteroatoms. The molecule has 142 valence electrons. The topological polar surface area (TPSA) is 71.8 Å². The molecule has 0 saturated carbocycles. The molecule has 2 N–H and O–H groups in total. The minimum atomic E-state index is -2.11. The first kappa shape index (κ1) is 18.8. The van der Waals surface area contributed by atoms with E-state index in [1.807, 2.05) is 66.7 Å². The van der Waals surface area contributed by atoms with E-state index >= 15 is 0 Å². The van der Waals surface area contributed by atoms with Gasteiger partial charge in [0.15, 0.2) is 0 Å². The molecular weight excluding hydrogens is 421 g/mol. The molecule has 1 aromatic heterocycles. The largest absolute Gasteiger partial charge is 0.324 e. The summed E-state index contributed by atoms with van der Waals surface area (Å²) < 4.78 is -0.429. The number of halogens is 3. The van der Waals surface area contributed by atoms with Gasteiger partial charge in [0.25, 0.3) is 15.6 Å². The number of nitrogens with one attached hydrogen (secondary N) is 2. The second-order valence-electron chi connectivity index (χ2n) is 6.08. The zero-order valence-corrected chi connectivity index (χ0v) is 16.6. The number of amides is 1. The molecule has 0 fully saturated rings. The van der Waals surface area contributed by atoms with E-state index in [0.717, 1.165) is 16.8 Å². The van der Waals surface area contributed by atoms with Crippen molar-refractivity contribution >= 4 is 58.3 Å². The molecule has 0 radical (unpaired) electrons. The fraction of sp³-hybridized carbons (Fsp3) is 0.105. The van der Waals surface area contributed by atoms with Crippen LogP contribution in [0.4, 0.5) is 11.9 Å². The van der Waals surface area contributed by atoms with Gasteiger partial charge < -0.3 is 5.32 Å².